The molecule has 47 nitrogen and oxygen atoms in total. The Morgan fingerprint density at radius 3 is 1.44 bits per heavy atom. The molecule has 0 bridgehead atoms. The number of aliphatic imine (C=N–C) groups is 1. The molecule has 606 valence electrons. The third-order valence-electron chi connectivity index (χ3n) is 15.8. The molecule has 16 amide bonds. The molecule has 1 heterocycles. The molecule has 0 spiro atoms. The molecule has 0 aromatic rings. The van der Waals surface area contributed by atoms with E-state index < -0.39 is 268 Å². The fourth-order valence-electron chi connectivity index (χ4n) is 10.3. The summed E-state index contributed by atoms with van der Waals surface area (Å²) in [5.74, 6) is -25.8. The van der Waals surface area contributed by atoms with Crippen molar-refractivity contribution in [1.29, 1.82) is 0 Å². The largest absolute Gasteiger partial charge is 0.481 e. The number of carboxylic acids is 4. The highest BCUT2D eigenvalue weighted by Crippen LogP contribution is 2.21. The third-order valence-corrected chi connectivity index (χ3v) is 15.8. The van der Waals surface area contributed by atoms with Crippen LogP contribution in [0.2, 0.25) is 0 Å². The van der Waals surface area contributed by atoms with Gasteiger partial charge in [-0.1, -0.05) is 13.8 Å². The Morgan fingerprint density at radius 2 is 0.935 bits per heavy atom. The SMILES string of the molecule is CC(C)C[C@H](NC(=O)[C@@H](N)CC(N)=O)C(=O)N[C@@H](CCC(N)=O)C(=O)N[C@@H](CCCCN)C(=O)N[C@@H](CC(=O)O)C(=O)N[C@@H](CCC(=O)O)C(=O)N1CCC[C@H]1C(=O)N[C@@H](CC(N)=O)C(=O)NCC(=O)N[C@@H](CCCN=C(N)N)C(=O)N[C@@H](C)C(=O)N[C@@H](CO)C(=O)N[C@@H](CC(=O)O)C(=O)N[C@H](C(=O)O)[C@@H](C)O. The molecule has 1 fully saturated rings. The molecule has 1 aliphatic rings. The Hall–Kier alpha value is -11.5. The summed E-state index contributed by atoms with van der Waals surface area (Å²) in [7, 11) is 0. The van der Waals surface area contributed by atoms with E-state index in [1.165, 1.54) is 0 Å². The number of carbonyl (C=O) groups excluding carboxylic acids is 16. The van der Waals surface area contributed by atoms with Crippen LogP contribution in [0.5, 0.6) is 0 Å². The zero-order valence-electron chi connectivity index (χ0n) is 59.8. The molecule has 0 unspecified atom stereocenters. The fraction of sp³-hybridized carbons (Fsp3) is 0.656. The number of primary amides is 3. The maximum atomic E-state index is 14.5. The van der Waals surface area contributed by atoms with Gasteiger partial charge in [-0.25, -0.2) is 4.79 Å². The number of carbonyl (C=O) groups is 20. The van der Waals surface area contributed by atoms with Crippen molar-refractivity contribution in [2.24, 2.45) is 51.0 Å². The number of hydrogen-bond donors (Lipinski definition) is 25. The van der Waals surface area contributed by atoms with E-state index >= 15 is 0 Å². The van der Waals surface area contributed by atoms with E-state index in [4.69, 9.17) is 40.1 Å². The van der Waals surface area contributed by atoms with Gasteiger partial charge in [-0.15, -0.1) is 0 Å². The van der Waals surface area contributed by atoms with Crippen molar-refractivity contribution in [3.63, 3.8) is 0 Å². The van der Waals surface area contributed by atoms with Crippen LogP contribution in [-0.2, 0) is 95.9 Å². The second kappa shape index (κ2) is 47.9. The lowest BCUT2D eigenvalue weighted by Crippen LogP contribution is -2.60. The van der Waals surface area contributed by atoms with Crippen LogP contribution in [0, 0.1) is 5.92 Å². The molecule has 14 atom stereocenters. The lowest BCUT2D eigenvalue weighted by Gasteiger charge is -2.30. The van der Waals surface area contributed by atoms with Crippen LogP contribution in [0.25, 0.3) is 0 Å². The number of nitrogens with one attached hydrogen (secondary N) is 12. The summed E-state index contributed by atoms with van der Waals surface area (Å²) < 4.78 is 0. The number of carboxylic acid groups (broad SMARTS) is 4. The van der Waals surface area contributed by atoms with Crippen molar-refractivity contribution in [3.05, 3.63) is 0 Å². The average molecular weight is 1540 g/mol. The molecule has 0 aromatic carbocycles. The molecule has 1 rings (SSSR count). The smallest absolute Gasteiger partial charge is 0.328 e. The van der Waals surface area contributed by atoms with Gasteiger partial charge in [-0.05, 0) is 90.5 Å². The van der Waals surface area contributed by atoms with E-state index in [0.717, 1.165) is 18.7 Å². The maximum Gasteiger partial charge on any atom is 0.328 e. The summed E-state index contributed by atoms with van der Waals surface area (Å²) in [6.07, 6.45) is -8.69. The van der Waals surface area contributed by atoms with Crippen LogP contribution >= 0.6 is 0 Å². The Morgan fingerprint density at radius 1 is 0.472 bits per heavy atom. The molecule has 0 saturated carbocycles. The summed E-state index contributed by atoms with van der Waals surface area (Å²) in [5, 5.41) is 84.5. The van der Waals surface area contributed by atoms with E-state index in [1.54, 1.807) is 13.8 Å². The van der Waals surface area contributed by atoms with Crippen LogP contribution in [0.3, 0.4) is 0 Å². The Kier molecular flexibility index (Phi) is 41.9. The first-order valence-corrected chi connectivity index (χ1v) is 33.9. The predicted octanol–water partition coefficient (Wildman–Crippen LogP) is -12.7. The van der Waals surface area contributed by atoms with Crippen molar-refractivity contribution in [1.82, 2.24) is 68.7 Å². The van der Waals surface area contributed by atoms with Crippen LogP contribution < -0.4 is 104 Å². The molecule has 108 heavy (non-hydrogen) atoms. The van der Waals surface area contributed by atoms with E-state index in [2.05, 4.69) is 58.2 Å². The standard InChI is InChI=1S/C61H101N21O26/c1-26(2)19-34(76-49(96)29(63)20-41(65)86)54(101)74-32(12-14-40(64)85)53(100)73-31(9-5-6-16-62)52(99)77-36(22-45(91)92)55(102)75-33(13-15-44(89)90)59(106)82-18-8-11-39(82)58(105)79-35(21-42(66)87)50(97)70-24-43(88)72-30(10-7-17-69-61(67)68)51(98)71-27(3)48(95)80-38(25-83)57(104)78-37(23-46(93)94)56(103)81-47(28(4)84)60(107)108/h26-39,47,83-84H,5-25,62-63H2,1-4H3,(H2,64,85)(H2,65,86)(H2,66,87)(H,70,97)(H,71,98)(H,72,88)(H,73,100)(H,74,101)(H,75,102)(H,76,96)(H,77,99)(H,78,104)(H,79,105)(H,80,95)(H,81,103)(H,89,90)(H,91,92)(H,93,94)(H,107,108)(H4,67,68,69)/t27-,28+,29-,30-,31-,32-,33-,34-,35-,36-,37-,38-,39-,47-/m0/s1. The number of aliphatic carboxylic acids is 4. The number of nitrogens with two attached hydrogens (primary N) is 7. The minimum atomic E-state index is -2.12. The molecule has 0 radical (unpaired) electrons. The first kappa shape index (κ1) is 94.5. The van der Waals surface area contributed by atoms with Crippen LogP contribution in [-0.4, -0.2) is 277 Å². The van der Waals surface area contributed by atoms with Gasteiger partial charge >= 0.3 is 23.9 Å². The maximum absolute atomic E-state index is 14.5. The lowest BCUT2D eigenvalue weighted by atomic mass is 10.0. The quantitative estimate of drug-likeness (QED) is 0.0153. The average Bonchev–Trinajstić information content (AvgIpc) is 1.60. The number of rotatable bonds is 52. The van der Waals surface area contributed by atoms with Gasteiger partial charge in [0.25, 0.3) is 0 Å². The Bertz CT molecular complexity index is 3280. The van der Waals surface area contributed by atoms with Crippen molar-refractivity contribution < 1.29 is 127 Å². The highest BCUT2D eigenvalue weighted by molar-refractivity contribution is 6.01. The summed E-state index contributed by atoms with van der Waals surface area (Å²) in [6, 6.07) is -22.9. The third kappa shape index (κ3) is 36.0. The highest BCUT2D eigenvalue weighted by atomic mass is 16.4. The number of unbranched alkanes of at least 4 members (excludes halogenated alkanes) is 1. The highest BCUT2D eigenvalue weighted by Gasteiger charge is 2.42. The van der Waals surface area contributed by atoms with Crippen LogP contribution in [0.4, 0.5) is 0 Å². The number of hydrogen-bond acceptors (Lipinski definition) is 25. The van der Waals surface area contributed by atoms with Crippen molar-refractivity contribution in [2.75, 3.05) is 32.8 Å². The van der Waals surface area contributed by atoms with Gasteiger partial charge in [0.2, 0.25) is 94.5 Å². The van der Waals surface area contributed by atoms with E-state index in [1.807, 2.05) is 10.6 Å². The Labute approximate surface area is 616 Å². The molecule has 1 saturated heterocycles. The summed E-state index contributed by atoms with van der Waals surface area (Å²) in [4.78, 5) is 265. The molecular formula is C61H101N21O26. The molecule has 0 aromatic heterocycles. The number of aliphatic hydroxyl groups excluding tert-OH is 2. The van der Waals surface area contributed by atoms with Gasteiger partial charge in [0.05, 0.1) is 51.0 Å². The van der Waals surface area contributed by atoms with Gasteiger partial charge in [-0.2, -0.15) is 0 Å². The minimum Gasteiger partial charge on any atom is -0.481 e. The van der Waals surface area contributed by atoms with E-state index in [0.29, 0.717) is 0 Å². The monoisotopic (exact) mass is 1540 g/mol. The number of guanidine groups is 1. The molecule has 1 aliphatic heterocycles. The van der Waals surface area contributed by atoms with Gasteiger partial charge in [-0.3, -0.25) is 96.1 Å². The normalized spacial score (nSPS) is 16.0. The zero-order valence-corrected chi connectivity index (χ0v) is 59.8. The van der Waals surface area contributed by atoms with Gasteiger partial charge < -0.3 is 139 Å². The van der Waals surface area contributed by atoms with E-state index in [-0.39, 0.29) is 82.9 Å². The summed E-state index contributed by atoms with van der Waals surface area (Å²) >= 11 is 0. The number of amides is 16. The predicted molar refractivity (Wildman–Crippen MR) is 369 cm³/mol. The fourth-order valence-corrected chi connectivity index (χ4v) is 10.3. The lowest BCUT2D eigenvalue weighted by molar-refractivity contribution is -0.146. The van der Waals surface area contributed by atoms with Gasteiger partial charge in [0.1, 0.15) is 66.5 Å². The van der Waals surface area contributed by atoms with Crippen LogP contribution in [0.15, 0.2) is 4.99 Å². The topological polar surface area (TPSA) is 805 Å². The van der Waals surface area contributed by atoms with Crippen molar-refractivity contribution in [3.8, 4) is 0 Å². The first-order valence-electron chi connectivity index (χ1n) is 33.9. The second-order valence-electron chi connectivity index (χ2n) is 25.4. The minimum absolute atomic E-state index is 0.0365. The van der Waals surface area contributed by atoms with Crippen LogP contribution in [0.1, 0.15) is 130 Å². The van der Waals surface area contributed by atoms with Gasteiger partial charge in [0.15, 0.2) is 12.0 Å². The van der Waals surface area contributed by atoms with Crippen molar-refractivity contribution >= 4 is 124 Å². The molecular weight excluding hydrogens is 1440 g/mol. The van der Waals surface area contributed by atoms with Gasteiger partial charge in [0, 0.05) is 25.9 Å². The summed E-state index contributed by atoms with van der Waals surface area (Å²) in [6.45, 7) is 2.86. The second-order valence-corrected chi connectivity index (χ2v) is 25.4. The first-order chi connectivity index (χ1) is 50.4. The van der Waals surface area contributed by atoms with E-state index in [9.17, 15) is 127 Å². The van der Waals surface area contributed by atoms with Crippen molar-refractivity contribution in [2.45, 2.75) is 215 Å². The summed E-state index contributed by atoms with van der Waals surface area (Å²) in [5.41, 5.74) is 38.2. The molecule has 32 N–H and O–H groups in total. The number of nitrogens with zero attached hydrogens (tertiary/aromatic N) is 2. The zero-order chi connectivity index (χ0) is 82.4. The molecule has 0 aliphatic carbocycles. The number of aliphatic hydroxyl groups is 2. The molecule has 47 heteroatoms. The number of likely N-dealkylation sites (tertiary alicyclic amines) is 1. The Balaban J connectivity index is 3.49.